The minimum Gasteiger partial charge on any atom is -0.478 e. The fraction of sp³-hybridized carbons (Fsp3) is 0.250. The molecule has 0 aliphatic heterocycles. The van der Waals surface area contributed by atoms with E-state index in [0.29, 0.717) is 19.4 Å². The number of carbonyl (C=O) groups excluding carboxylic acids is 1. The lowest BCUT2D eigenvalue weighted by Crippen LogP contribution is -2.25. The molecule has 2 aromatic carbocycles. The normalized spacial score (nSPS) is 10.8. The third-order valence-electron chi connectivity index (χ3n) is 4.19. The van der Waals surface area contributed by atoms with E-state index in [1.54, 1.807) is 24.3 Å². The van der Waals surface area contributed by atoms with Crippen molar-refractivity contribution in [1.29, 1.82) is 0 Å². The highest BCUT2D eigenvalue weighted by Crippen LogP contribution is 2.11. The van der Waals surface area contributed by atoms with Crippen LogP contribution in [0.1, 0.15) is 34.6 Å². The van der Waals surface area contributed by atoms with Gasteiger partial charge in [0.15, 0.2) is 0 Å². The Labute approximate surface area is 151 Å². The van der Waals surface area contributed by atoms with Crippen LogP contribution in [0.3, 0.4) is 0 Å². The Bertz CT molecular complexity index is 867. The summed E-state index contributed by atoms with van der Waals surface area (Å²) in [6.45, 7) is 0.605. The van der Waals surface area contributed by atoms with Gasteiger partial charge in [-0.2, -0.15) is 0 Å². The van der Waals surface area contributed by atoms with Gasteiger partial charge in [-0.25, -0.2) is 9.78 Å². The van der Waals surface area contributed by atoms with Crippen molar-refractivity contribution >= 4 is 22.9 Å². The smallest absolute Gasteiger partial charge is 0.335 e. The molecule has 3 aromatic rings. The number of carboxylic acid groups (broad SMARTS) is 1. The van der Waals surface area contributed by atoms with Gasteiger partial charge in [0, 0.05) is 19.4 Å². The molecule has 6 nitrogen and oxygen atoms in total. The van der Waals surface area contributed by atoms with Crippen LogP contribution in [-0.2, 0) is 17.6 Å². The fourth-order valence-electron chi connectivity index (χ4n) is 2.77. The lowest BCUT2D eigenvalue weighted by Gasteiger charge is -2.05. The molecule has 0 radical (unpaired) electrons. The van der Waals surface area contributed by atoms with Crippen molar-refractivity contribution in [3.05, 3.63) is 65.5 Å². The third kappa shape index (κ3) is 4.69. The second kappa shape index (κ2) is 8.29. The number of benzene rings is 2. The van der Waals surface area contributed by atoms with E-state index in [-0.39, 0.29) is 11.5 Å². The molecule has 0 bridgehead atoms. The fourth-order valence-corrected chi connectivity index (χ4v) is 2.77. The number of aromatic nitrogens is 2. The number of H-pyrrole nitrogens is 1. The Hall–Kier alpha value is -3.15. The number of para-hydroxylation sites is 2. The van der Waals surface area contributed by atoms with Gasteiger partial charge in [0.05, 0.1) is 16.6 Å². The Morgan fingerprint density at radius 2 is 1.81 bits per heavy atom. The summed E-state index contributed by atoms with van der Waals surface area (Å²) in [5.74, 6) is -0.0189. The van der Waals surface area contributed by atoms with Crippen LogP contribution >= 0.6 is 0 Å². The van der Waals surface area contributed by atoms with Gasteiger partial charge in [0.1, 0.15) is 5.82 Å². The molecule has 0 fully saturated rings. The van der Waals surface area contributed by atoms with E-state index in [1.807, 2.05) is 24.3 Å². The zero-order valence-electron chi connectivity index (χ0n) is 14.4. The number of imidazole rings is 1. The van der Waals surface area contributed by atoms with Crippen LogP contribution in [0, 0.1) is 0 Å². The molecule has 134 valence electrons. The van der Waals surface area contributed by atoms with E-state index < -0.39 is 5.97 Å². The monoisotopic (exact) mass is 351 g/mol. The van der Waals surface area contributed by atoms with Gasteiger partial charge in [0.2, 0.25) is 5.91 Å². The number of aromatic carboxylic acids is 1. The van der Waals surface area contributed by atoms with Gasteiger partial charge in [-0.1, -0.05) is 24.3 Å². The second-order valence-corrected chi connectivity index (χ2v) is 6.16. The predicted molar refractivity (Wildman–Crippen MR) is 99.1 cm³/mol. The molecule has 0 saturated heterocycles. The van der Waals surface area contributed by atoms with Crippen LogP contribution in [0.5, 0.6) is 0 Å². The zero-order chi connectivity index (χ0) is 18.4. The maximum atomic E-state index is 11.9. The molecular weight excluding hydrogens is 330 g/mol. The molecular formula is C20H21N3O3. The molecule has 0 spiro atoms. The van der Waals surface area contributed by atoms with Crippen molar-refractivity contribution < 1.29 is 14.7 Å². The number of aryl methyl sites for hydroxylation is 2. The number of carbonyl (C=O) groups is 2. The molecule has 3 rings (SSSR count). The average Bonchev–Trinajstić information content (AvgIpc) is 3.06. The molecule has 0 atom stereocenters. The van der Waals surface area contributed by atoms with Crippen molar-refractivity contribution in [3.8, 4) is 0 Å². The topological polar surface area (TPSA) is 95.1 Å². The van der Waals surface area contributed by atoms with Crippen LogP contribution < -0.4 is 5.32 Å². The van der Waals surface area contributed by atoms with Crippen molar-refractivity contribution in [2.24, 2.45) is 0 Å². The van der Waals surface area contributed by atoms with E-state index in [1.165, 1.54) is 0 Å². The first kappa shape index (κ1) is 17.7. The predicted octanol–water partition coefficient (Wildman–Crippen LogP) is 2.94. The van der Waals surface area contributed by atoms with Crippen molar-refractivity contribution in [1.82, 2.24) is 15.3 Å². The number of hydrogen-bond donors (Lipinski definition) is 3. The zero-order valence-corrected chi connectivity index (χ0v) is 14.4. The maximum absolute atomic E-state index is 11.9. The number of hydrogen-bond acceptors (Lipinski definition) is 3. The Morgan fingerprint density at radius 1 is 1.04 bits per heavy atom. The van der Waals surface area contributed by atoms with Gasteiger partial charge in [-0.15, -0.1) is 0 Å². The number of rotatable bonds is 8. The van der Waals surface area contributed by atoms with E-state index >= 15 is 0 Å². The number of fused-ring (bicyclic) bond motifs is 1. The van der Waals surface area contributed by atoms with E-state index in [4.69, 9.17) is 5.11 Å². The Morgan fingerprint density at radius 3 is 2.54 bits per heavy atom. The standard InChI is InChI=1S/C20H21N3O3/c24-19(12-9-14-7-10-15(11-8-14)20(25)26)21-13-3-6-18-22-16-4-1-2-5-17(16)23-18/h1-2,4-5,7-8,10-11H,3,6,9,12-13H2,(H,21,24)(H,22,23)(H,25,26). The molecule has 3 N–H and O–H groups in total. The van der Waals surface area contributed by atoms with Crippen LogP contribution in [-0.4, -0.2) is 33.5 Å². The van der Waals surface area contributed by atoms with Crippen LogP contribution in [0.15, 0.2) is 48.5 Å². The number of carboxylic acids is 1. The second-order valence-electron chi connectivity index (χ2n) is 6.16. The molecule has 0 unspecified atom stereocenters. The number of nitrogens with zero attached hydrogens (tertiary/aromatic N) is 1. The maximum Gasteiger partial charge on any atom is 0.335 e. The number of aromatic amines is 1. The average molecular weight is 351 g/mol. The largest absolute Gasteiger partial charge is 0.478 e. The molecule has 1 aromatic heterocycles. The summed E-state index contributed by atoms with van der Waals surface area (Å²) in [4.78, 5) is 30.5. The first-order valence-electron chi connectivity index (χ1n) is 8.64. The van der Waals surface area contributed by atoms with Crippen molar-refractivity contribution in [2.45, 2.75) is 25.7 Å². The van der Waals surface area contributed by atoms with Crippen molar-refractivity contribution in [2.75, 3.05) is 6.54 Å². The Balaban J connectivity index is 1.36. The van der Waals surface area contributed by atoms with Crippen LogP contribution in [0.2, 0.25) is 0 Å². The molecule has 1 heterocycles. The summed E-state index contributed by atoms with van der Waals surface area (Å²) in [6, 6.07) is 14.5. The summed E-state index contributed by atoms with van der Waals surface area (Å²) in [7, 11) is 0. The highest BCUT2D eigenvalue weighted by molar-refractivity contribution is 5.87. The third-order valence-corrected chi connectivity index (χ3v) is 4.19. The molecule has 0 aliphatic carbocycles. The molecule has 6 heteroatoms. The van der Waals surface area contributed by atoms with E-state index in [2.05, 4.69) is 15.3 Å². The summed E-state index contributed by atoms with van der Waals surface area (Å²) < 4.78 is 0. The summed E-state index contributed by atoms with van der Waals surface area (Å²) in [5, 5.41) is 11.8. The number of amides is 1. The SMILES string of the molecule is O=C(CCc1ccc(C(=O)O)cc1)NCCCc1nc2ccccc2[nH]1. The summed E-state index contributed by atoms with van der Waals surface area (Å²) in [5.41, 5.74) is 3.19. The highest BCUT2D eigenvalue weighted by atomic mass is 16.4. The van der Waals surface area contributed by atoms with Gasteiger partial charge in [0.25, 0.3) is 0 Å². The minimum atomic E-state index is -0.946. The van der Waals surface area contributed by atoms with Crippen molar-refractivity contribution in [3.63, 3.8) is 0 Å². The summed E-state index contributed by atoms with van der Waals surface area (Å²) >= 11 is 0. The highest BCUT2D eigenvalue weighted by Gasteiger charge is 2.05. The van der Waals surface area contributed by atoms with Crippen LogP contribution in [0.4, 0.5) is 0 Å². The quantitative estimate of drug-likeness (QED) is 0.544. The Kier molecular flexibility index (Phi) is 5.63. The molecule has 26 heavy (non-hydrogen) atoms. The van der Waals surface area contributed by atoms with E-state index in [9.17, 15) is 9.59 Å². The van der Waals surface area contributed by atoms with Gasteiger partial charge < -0.3 is 15.4 Å². The molecule has 0 saturated carbocycles. The lowest BCUT2D eigenvalue weighted by molar-refractivity contribution is -0.121. The van der Waals surface area contributed by atoms with Gasteiger partial charge in [-0.3, -0.25) is 4.79 Å². The van der Waals surface area contributed by atoms with Crippen LogP contribution in [0.25, 0.3) is 11.0 Å². The van der Waals surface area contributed by atoms with Gasteiger partial charge in [-0.05, 0) is 42.7 Å². The number of nitrogens with one attached hydrogen (secondary N) is 2. The minimum absolute atomic E-state index is 0.00285. The van der Waals surface area contributed by atoms with Gasteiger partial charge >= 0.3 is 5.97 Å². The molecule has 1 amide bonds. The molecule has 0 aliphatic rings. The first-order chi connectivity index (χ1) is 12.6. The first-order valence-corrected chi connectivity index (χ1v) is 8.64. The lowest BCUT2D eigenvalue weighted by atomic mass is 10.1. The summed E-state index contributed by atoms with van der Waals surface area (Å²) in [6.07, 6.45) is 2.58. The van der Waals surface area contributed by atoms with E-state index in [0.717, 1.165) is 35.3 Å².